The Morgan fingerprint density at radius 3 is 2.73 bits per heavy atom. The van der Waals surface area contributed by atoms with Gasteiger partial charge in [0.15, 0.2) is 0 Å². The van der Waals surface area contributed by atoms with Gasteiger partial charge in [0.25, 0.3) is 5.56 Å². The topological polar surface area (TPSA) is 56.5 Å². The summed E-state index contributed by atoms with van der Waals surface area (Å²) in [4.78, 5) is 17.7. The molecule has 0 spiro atoms. The average Bonchev–Trinajstić information content (AvgIpc) is 2.79. The highest BCUT2D eigenvalue weighted by atomic mass is 79.9. The number of halogens is 4. The lowest BCUT2D eigenvalue weighted by molar-refractivity contribution is 0.297. The van der Waals surface area contributed by atoms with E-state index in [9.17, 15) is 9.18 Å². The molecule has 0 saturated heterocycles. The van der Waals surface area contributed by atoms with E-state index in [0.717, 1.165) is 4.47 Å². The first-order chi connectivity index (χ1) is 15.9. The number of benzene rings is 3. The number of ether oxygens (including phenoxy) is 1. The molecule has 0 unspecified atom stereocenters. The fourth-order valence-electron chi connectivity index (χ4n) is 3.26. The van der Waals surface area contributed by atoms with Crippen molar-refractivity contribution >= 4 is 60.6 Å². The fraction of sp³-hybridized carbons (Fsp3) is 0.125. The molecule has 33 heavy (non-hydrogen) atoms. The van der Waals surface area contributed by atoms with Gasteiger partial charge in [-0.2, -0.15) is 9.78 Å². The molecule has 0 bridgehead atoms. The molecular formula is C24H17Br2ClFN3O2. The van der Waals surface area contributed by atoms with Gasteiger partial charge in [-0.25, -0.2) is 9.37 Å². The van der Waals surface area contributed by atoms with Gasteiger partial charge in [-0.05, 0) is 52.3 Å². The van der Waals surface area contributed by atoms with Crippen LogP contribution in [0.25, 0.3) is 10.9 Å². The second-order valence-corrected chi connectivity index (χ2v) is 9.30. The first-order valence-electron chi connectivity index (χ1n) is 9.98. The van der Waals surface area contributed by atoms with Crippen molar-refractivity contribution in [2.45, 2.75) is 20.0 Å². The highest BCUT2D eigenvalue weighted by molar-refractivity contribution is 9.10. The average molecular weight is 594 g/mol. The largest absolute Gasteiger partial charge is 0.487 e. The fourth-order valence-corrected chi connectivity index (χ4v) is 4.57. The Labute approximate surface area is 211 Å². The summed E-state index contributed by atoms with van der Waals surface area (Å²) in [6, 6.07) is 15.1. The number of nitrogens with zero attached hydrogens (tertiary/aromatic N) is 3. The molecule has 1 heterocycles. The molecule has 0 saturated carbocycles. The molecule has 168 valence electrons. The van der Waals surface area contributed by atoms with Crippen LogP contribution >= 0.6 is 43.5 Å². The van der Waals surface area contributed by atoms with Crippen LogP contribution in [0.2, 0.25) is 5.02 Å². The van der Waals surface area contributed by atoms with Crippen LogP contribution in [0.15, 0.2) is 73.4 Å². The summed E-state index contributed by atoms with van der Waals surface area (Å²) in [6.45, 7) is 1.91. The maximum Gasteiger partial charge on any atom is 0.282 e. The Balaban J connectivity index is 1.75. The Morgan fingerprint density at radius 2 is 1.97 bits per heavy atom. The van der Waals surface area contributed by atoms with Crippen molar-refractivity contribution < 1.29 is 9.13 Å². The summed E-state index contributed by atoms with van der Waals surface area (Å²) in [5.74, 6) is 0.584. The van der Waals surface area contributed by atoms with E-state index in [1.54, 1.807) is 42.5 Å². The molecule has 0 fully saturated rings. The summed E-state index contributed by atoms with van der Waals surface area (Å²) < 4.78 is 22.6. The van der Waals surface area contributed by atoms with E-state index in [1.807, 2.05) is 13.0 Å². The van der Waals surface area contributed by atoms with Crippen LogP contribution in [0, 0.1) is 5.82 Å². The SMILES string of the molecule is CCc1nc2ccc(Br)cc2c(=O)n1N=Cc1cc(Cl)cc(Br)c1OCc1ccccc1F. The lowest BCUT2D eigenvalue weighted by Crippen LogP contribution is -2.22. The zero-order valence-electron chi connectivity index (χ0n) is 17.4. The monoisotopic (exact) mass is 591 g/mol. The highest BCUT2D eigenvalue weighted by Crippen LogP contribution is 2.32. The molecule has 4 aromatic rings. The number of hydrogen-bond acceptors (Lipinski definition) is 4. The predicted octanol–water partition coefficient (Wildman–Crippen LogP) is 6.74. The second kappa shape index (κ2) is 10.2. The van der Waals surface area contributed by atoms with E-state index in [0.29, 0.717) is 49.5 Å². The minimum atomic E-state index is -0.356. The Bertz CT molecular complexity index is 1440. The summed E-state index contributed by atoms with van der Waals surface area (Å²) in [7, 11) is 0. The normalized spacial score (nSPS) is 11.4. The van der Waals surface area contributed by atoms with Gasteiger partial charge in [0.1, 0.15) is 24.0 Å². The lowest BCUT2D eigenvalue weighted by atomic mass is 10.2. The van der Waals surface area contributed by atoms with Gasteiger partial charge in [0, 0.05) is 27.0 Å². The molecule has 0 aliphatic carbocycles. The van der Waals surface area contributed by atoms with Gasteiger partial charge in [0.05, 0.1) is 21.6 Å². The molecule has 0 aliphatic heterocycles. The molecule has 4 rings (SSSR count). The third kappa shape index (κ3) is 5.18. The lowest BCUT2D eigenvalue weighted by Gasteiger charge is -2.13. The molecule has 3 aromatic carbocycles. The molecular weight excluding hydrogens is 577 g/mol. The maximum atomic E-state index is 14.0. The third-order valence-corrected chi connectivity index (χ3v) is 6.17. The second-order valence-electron chi connectivity index (χ2n) is 7.09. The molecule has 5 nitrogen and oxygen atoms in total. The van der Waals surface area contributed by atoms with Crippen LogP contribution in [0.4, 0.5) is 4.39 Å². The molecule has 0 aliphatic rings. The zero-order valence-corrected chi connectivity index (χ0v) is 21.3. The summed E-state index contributed by atoms with van der Waals surface area (Å²) in [5.41, 5.74) is 1.25. The first kappa shape index (κ1) is 23.6. The minimum absolute atomic E-state index is 0.0134. The van der Waals surface area contributed by atoms with Crippen molar-refractivity contribution in [2.75, 3.05) is 0 Å². The van der Waals surface area contributed by atoms with E-state index in [2.05, 4.69) is 41.9 Å². The Kier molecular flexibility index (Phi) is 7.26. The van der Waals surface area contributed by atoms with E-state index >= 15 is 0 Å². The van der Waals surface area contributed by atoms with Crippen LogP contribution in [-0.4, -0.2) is 15.9 Å². The van der Waals surface area contributed by atoms with E-state index in [4.69, 9.17) is 16.3 Å². The molecule has 0 atom stereocenters. The standard InChI is InChI=1S/C24H17Br2ClFN3O2/c1-2-22-30-21-8-7-16(25)10-18(21)24(32)31(22)29-12-15-9-17(27)11-19(26)23(15)33-13-14-5-3-4-6-20(14)28/h3-12H,2,13H2,1H3. The van der Waals surface area contributed by atoms with Crippen LogP contribution in [-0.2, 0) is 13.0 Å². The number of aromatic nitrogens is 2. The first-order valence-corrected chi connectivity index (χ1v) is 11.9. The quantitative estimate of drug-likeness (QED) is 0.233. The molecule has 0 amide bonds. The summed E-state index contributed by atoms with van der Waals surface area (Å²) >= 11 is 13.1. The Morgan fingerprint density at radius 1 is 1.18 bits per heavy atom. The van der Waals surface area contributed by atoms with Gasteiger partial charge in [0.2, 0.25) is 0 Å². The van der Waals surface area contributed by atoms with E-state index < -0.39 is 0 Å². The van der Waals surface area contributed by atoms with Gasteiger partial charge in [-0.1, -0.05) is 52.7 Å². The Hall–Kier alpha value is -2.55. The van der Waals surface area contributed by atoms with Gasteiger partial charge in [-0.15, -0.1) is 0 Å². The highest BCUT2D eigenvalue weighted by Gasteiger charge is 2.13. The number of fused-ring (bicyclic) bond motifs is 1. The van der Waals surface area contributed by atoms with E-state index in [-0.39, 0.29) is 18.0 Å². The van der Waals surface area contributed by atoms with Crippen molar-refractivity contribution in [3.8, 4) is 5.75 Å². The summed E-state index contributed by atoms with van der Waals surface area (Å²) in [5, 5.41) is 5.31. The van der Waals surface area contributed by atoms with Gasteiger partial charge >= 0.3 is 0 Å². The smallest absolute Gasteiger partial charge is 0.282 e. The van der Waals surface area contributed by atoms with Crippen molar-refractivity contribution in [1.82, 2.24) is 9.66 Å². The number of aryl methyl sites for hydroxylation is 1. The van der Waals surface area contributed by atoms with Crippen LogP contribution in [0.5, 0.6) is 5.75 Å². The van der Waals surface area contributed by atoms with Crippen LogP contribution in [0.3, 0.4) is 0 Å². The van der Waals surface area contributed by atoms with Crippen molar-refractivity contribution in [2.24, 2.45) is 5.10 Å². The van der Waals surface area contributed by atoms with Crippen molar-refractivity contribution in [3.63, 3.8) is 0 Å². The third-order valence-electron chi connectivity index (χ3n) is 4.87. The molecule has 9 heteroatoms. The van der Waals surface area contributed by atoms with Gasteiger partial charge < -0.3 is 4.74 Å². The number of rotatable bonds is 6. The van der Waals surface area contributed by atoms with Crippen LogP contribution < -0.4 is 10.3 Å². The van der Waals surface area contributed by atoms with Crippen LogP contribution in [0.1, 0.15) is 23.9 Å². The number of hydrogen-bond donors (Lipinski definition) is 0. The molecule has 0 radical (unpaired) electrons. The van der Waals surface area contributed by atoms with Crippen molar-refractivity contribution in [3.05, 3.63) is 102 Å². The van der Waals surface area contributed by atoms with E-state index in [1.165, 1.54) is 17.0 Å². The van der Waals surface area contributed by atoms with Gasteiger partial charge in [-0.3, -0.25) is 4.79 Å². The van der Waals surface area contributed by atoms with Crippen molar-refractivity contribution in [1.29, 1.82) is 0 Å². The maximum absolute atomic E-state index is 14.0. The zero-order chi connectivity index (χ0) is 23.5. The summed E-state index contributed by atoms with van der Waals surface area (Å²) in [6.07, 6.45) is 1.99. The molecule has 1 aromatic heterocycles. The minimum Gasteiger partial charge on any atom is -0.487 e. The predicted molar refractivity (Wildman–Crippen MR) is 136 cm³/mol. The molecule has 0 N–H and O–H groups in total.